The van der Waals surface area contributed by atoms with Crippen LogP contribution in [0.25, 0.3) is 0 Å². The molecule has 2 rings (SSSR count). The van der Waals surface area contributed by atoms with Gasteiger partial charge in [-0.3, -0.25) is 4.90 Å². The van der Waals surface area contributed by atoms with Gasteiger partial charge in [0.1, 0.15) is 5.76 Å². The van der Waals surface area contributed by atoms with Gasteiger partial charge in [-0.25, -0.2) is 0 Å². The minimum Gasteiger partial charge on any atom is -0.469 e. The van der Waals surface area contributed by atoms with Crippen LogP contribution in [0.2, 0.25) is 0 Å². The Labute approximate surface area is 111 Å². The Hall–Kier alpha value is -0.800. The maximum Gasteiger partial charge on any atom is 0.105 e. The van der Waals surface area contributed by atoms with Gasteiger partial charge in [0.15, 0.2) is 0 Å². The minimum absolute atomic E-state index is 0.606. The molecule has 0 saturated carbocycles. The summed E-state index contributed by atoms with van der Waals surface area (Å²) >= 11 is 0. The third-order valence-corrected chi connectivity index (χ3v) is 4.18. The number of rotatable bonds is 5. The van der Waals surface area contributed by atoms with Crippen LogP contribution >= 0.6 is 0 Å². The zero-order valence-electron chi connectivity index (χ0n) is 11.9. The van der Waals surface area contributed by atoms with Gasteiger partial charge in [0.2, 0.25) is 0 Å². The molecule has 0 spiro atoms. The van der Waals surface area contributed by atoms with Crippen LogP contribution in [-0.4, -0.2) is 30.6 Å². The number of aryl methyl sites for hydroxylation is 1. The van der Waals surface area contributed by atoms with E-state index in [2.05, 4.69) is 30.3 Å². The first-order chi connectivity index (χ1) is 8.66. The van der Waals surface area contributed by atoms with Gasteiger partial charge in [-0.15, -0.1) is 0 Å². The molecule has 2 atom stereocenters. The first-order valence-electron chi connectivity index (χ1n) is 7.13. The molecule has 0 aromatic carbocycles. The molecule has 3 heteroatoms. The van der Waals surface area contributed by atoms with Crippen molar-refractivity contribution in [3.8, 4) is 0 Å². The molecule has 1 saturated heterocycles. The van der Waals surface area contributed by atoms with Crippen LogP contribution < -0.4 is 5.32 Å². The standard InChI is InChI=1S/C15H26N2O/c1-12(10-15-6-4-5-8-16-15)17(3)11-14-7-9-18-13(14)2/h7,9,12,15-16H,4-6,8,10-11H2,1-3H3. The topological polar surface area (TPSA) is 28.4 Å². The Balaban J connectivity index is 1.80. The molecule has 0 bridgehead atoms. The molecule has 1 aliphatic heterocycles. The average molecular weight is 250 g/mol. The maximum atomic E-state index is 5.36. The highest BCUT2D eigenvalue weighted by Crippen LogP contribution is 2.17. The highest BCUT2D eigenvalue weighted by Gasteiger charge is 2.19. The molecule has 1 N–H and O–H groups in total. The summed E-state index contributed by atoms with van der Waals surface area (Å²) in [6.07, 6.45) is 7.09. The lowest BCUT2D eigenvalue weighted by Gasteiger charge is -2.31. The zero-order valence-corrected chi connectivity index (χ0v) is 11.9. The molecular formula is C15H26N2O. The second-order valence-corrected chi connectivity index (χ2v) is 5.65. The Morgan fingerprint density at radius 1 is 1.50 bits per heavy atom. The molecule has 2 unspecified atom stereocenters. The third kappa shape index (κ3) is 3.59. The molecule has 0 amide bonds. The highest BCUT2D eigenvalue weighted by molar-refractivity contribution is 5.15. The normalized spacial score (nSPS) is 22.3. The van der Waals surface area contributed by atoms with Crippen molar-refractivity contribution in [1.29, 1.82) is 0 Å². The van der Waals surface area contributed by atoms with E-state index in [1.165, 1.54) is 37.8 Å². The highest BCUT2D eigenvalue weighted by atomic mass is 16.3. The van der Waals surface area contributed by atoms with Crippen molar-refractivity contribution < 1.29 is 4.42 Å². The van der Waals surface area contributed by atoms with Crippen LogP contribution in [0.3, 0.4) is 0 Å². The fourth-order valence-corrected chi connectivity index (χ4v) is 2.72. The van der Waals surface area contributed by atoms with Crippen LogP contribution in [0.1, 0.15) is 43.9 Å². The second kappa shape index (κ2) is 6.39. The van der Waals surface area contributed by atoms with Gasteiger partial charge < -0.3 is 9.73 Å². The summed E-state index contributed by atoms with van der Waals surface area (Å²) in [7, 11) is 2.21. The summed E-state index contributed by atoms with van der Waals surface area (Å²) in [4.78, 5) is 2.42. The predicted molar refractivity (Wildman–Crippen MR) is 74.6 cm³/mol. The molecule has 102 valence electrons. The molecule has 2 heterocycles. The molecule has 1 aliphatic rings. The van der Waals surface area contributed by atoms with Crippen LogP contribution in [0, 0.1) is 6.92 Å². The molecule has 1 aromatic rings. The van der Waals surface area contributed by atoms with Crippen molar-refractivity contribution in [3.05, 3.63) is 23.7 Å². The second-order valence-electron chi connectivity index (χ2n) is 5.65. The monoisotopic (exact) mass is 250 g/mol. The number of hydrogen-bond acceptors (Lipinski definition) is 3. The van der Waals surface area contributed by atoms with Crippen LogP contribution in [0.5, 0.6) is 0 Å². The molecule has 3 nitrogen and oxygen atoms in total. The molecule has 1 aromatic heterocycles. The first kappa shape index (κ1) is 13.6. The van der Waals surface area contributed by atoms with Gasteiger partial charge >= 0.3 is 0 Å². The van der Waals surface area contributed by atoms with Crippen molar-refractivity contribution in [2.24, 2.45) is 0 Å². The largest absolute Gasteiger partial charge is 0.469 e. The van der Waals surface area contributed by atoms with Gasteiger partial charge in [0.05, 0.1) is 6.26 Å². The van der Waals surface area contributed by atoms with Crippen LogP contribution in [0.4, 0.5) is 0 Å². The van der Waals surface area contributed by atoms with E-state index >= 15 is 0 Å². The van der Waals surface area contributed by atoms with E-state index in [1.54, 1.807) is 6.26 Å². The van der Waals surface area contributed by atoms with E-state index < -0.39 is 0 Å². The van der Waals surface area contributed by atoms with E-state index in [0.717, 1.165) is 12.3 Å². The Bertz CT molecular complexity index is 355. The van der Waals surface area contributed by atoms with Gasteiger partial charge in [-0.2, -0.15) is 0 Å². The molecule has 0 radical (unpaired) electrons. The molecule has 0 aliphatic carbocycles. The Morgan fingerprint density at radius 2 is 2.33 bits per heavy atom. The Kier molecular flexibility index (Phi) is 4.84. The van der Waals surface area contributed by atoms with E-state index in [9.17, 15) is 0 Å². The Morgan fingerprint density at radius 3 is 2.94 bits per heavy atom. The fraction of sp³-hybridized carbons (Fsp3) is 0.733. The fourth-order valence-electron chi connectivity index (χ4n) is 2.72. The number of piperidine rings is 1. The zero-order chi connectivity index (χ0) is 13.0. The minimum atomic E-state index is 0.606. The van der Waals surface area contributed by atoms with E-state index in [1.807, 2.05) is 6.92 Å². The predicted octanol–water partition coefficient (Wildman–Crippen LogP) is 2.94. The summed E-state index contributed by atoms with van der Waals surface area (Å²) in [5.74, 6) is 1.05. The lowest BCUT2D eigenvalue weighted by Crippen LogP contribution is -2.40. The van der Waals surface area contributed by atoms with Crippen molar-refractivity contribution >= 4 is 0 Å². The van der Waals surface area contributed by atoms with Crippen molar-refractivity contribution in [3.63, 3.8) is 0 Å². The smallest absolute Gasteiger partial charge is 0.105 e. The number of hydrogen-bond donors (Lipinski definition) is 1. The lowest BCUT2D eigenvalue weighted by atomic mass is 9.98. The van der Waals surface area contributed by atoms with Gasteiger partial charge in [0.25, 0.3) is 0 Å². The summed E-state index contributed by atoms with van der Waals surface area (Å²) in [6, 6.07) is 3.40. The summed E-state index contributed by atoms with van der Waals surface area (Å²) in [6.45, 7) is 6.54. The lowest BCUT2D eigenvalue weighted by molar-refractivity contribution is 0.208. The van der Waals surface area contributed by atoms with Crippen LogP contribution in [-0.2, 0) is 6.54 Å². The summed E-state index contributed by atoms with van der Waals surface area (Å²) in [5, 5.41) is 3.63. The molecule has 18 heavy (non-hydrogen) atoms. The van der Waals surface area contributed by atoms with E-state index in [-0.39, 0.29) is 0 Å². The number of furan rings is 1. The van der Waals surface area contributed by atoms with E-state index in [4.69, 9.17) is 4.42 Å². The summed E-state index contributed by atoms with van der Waals surface area (Å²) in [5.41, 5.74) is 1.31. The van der Waals surface area contributed by atoms with Gasteiger partial charge in [-0.05, 0) is 52.8 Å². The maximum absolute atomic E-state index is 5.36. The third-order valence-electron chi connectivity index (χ3n) is 4.18. The van der Waals surface area contributed by atoms with Gasteiger partial charge in [-0.1, -0.05) is 6.42 Å². The SMILES string of the molecule is Cc1occc1CN(C)C(C)CC1CCCCN1. The quantitative estimate of drug-likeness (QED) is 0.871. The van der Waals surface area contributed by atoms with Crippen molar-refractivity contribution in [2.45, 2.75) is 58.2 Å². The first-order valence-corrected chi connectivity index (χ1v) is 7.13. The molecule has 1 fully saturated rings. The van der Waals surface area contributed by atoms with E-state index in [0.29, 0.717) is 12.1 Å². The number of nitrogens with one attached hydrogen (secondary N) is 1. The van der Waals surface area contributed by atoms with Gasteiger partial charge in [0, 0.05) is 24.2 Å². The molecular weight excluding hydrogens is 224 g/mol. The van der Waals surface area contributed by atoms with Crippen molar-refractivity contribution in [2.75, 3.05) is 13.6 Å². The summed E-state index contributed by atoms with van der Waals surface area (Å²) < 4.78 is 5.36. The van der Waals surface area contributed by atoms with Crippen LogP contribution in [0.15, 0.2) is 16.7 Å². The van der Waals surface area contributed by atoms with Crippen molar-refractivity contribution in [1.82, 2.24) is 10.2 Å². The average Bonchev–Trinajstić information content (AvgIpc) is 2.76. The number of nitrogens with zero attached hydrogens (tertiary/aromatic N) is 1.